The van der Waals surface area contributed by atoms with Gasteiger partial charge in [0.2, 0.25) is 17.7 Å². The smallest absolute Gasteiger partial charge is 0.322 e. The number of likely N-dealkylation sites (tertiary alicyclic amines) is 1. The molecular formula is C19H26N4O5S. The van der Waals surface area contributed by atoms with Gasteiger partial charge in [-0.15, -0.1) is 0 Å². The summed E-state index contributed by atoms with van der Waals surface area (Å²) in [4.78, 5) is 49.9. The molecule has 2 rings (SSSR count). The summed E-state index contributed by atoms with van der Waals surface area (Å²) in [6, 6.07) is 6.56. The van der Waals surface area contributed by atoms with Crippen LogP contribution in [0.2, 0.25) is 0 Å². The predicted molar refractivity (Wildman–Crippen MR) is 109 cm³/mol. The number of amides is 3. The lowest BCUT2D eigenvalue weighted by atomic mass is 10.0. The third-order valence-corrected chi connectivity index (χ3v) is 5.08. The third-order valence-electron chi connectivity index (χ3n) is 4.68. The second-order valence-corrected chi connectivity index (χ2v) is 7.21. The van der Waals surface area contributed by atoms with Crippen LogP contribution in [0.5, 0.6) is 0 Å². The first-order chi connectivity index (χ1) is 13.8. The van der Waals surface area contributed by atoms with Gasteiger partial charge >= 0.3 is 5.97 Å². The van der Waals surface area contributed by atoms with Crippen LogP contribution in [0.1, 0.15) is 18.4 Å². The van der Waals surface area contributed by atoms with Gasteiger partial charge in [0.05, 0.1) is 6.04 Å². The van der Waals surface area contributed by atoms with Crippen molar-refractivity contribution in [2.45, 2.75) is 37.4 Å². The monoisotopic (exact) mass is 422 g/mol. The van der Waals surface area contributed by atoms with Crippen molar-refractivity contribution in [1.82, 2.24) is 15.5 Å². The molecule has 1 aliphatic heterocycles. The van der Waals surface area contributed by atoms with Crippen LogP contribution in [0, 0.1) is 0 Å². The minimum Gasteiger partial charge on any atom is -0.480 e. The largest absolute Gasteiger partial charge is 0.480 e. The number of nitrogens with two attached hydrogens (primary N) is 1. The average molecular weight is 423 g/mol. The van der Waals surface area contributed by atoms with Crippen molar-refractivity contribution in [3.63, 3.8) is 0 Å². The Balaban J connectivity index is 2.11. The second kappa shape index (κ2) is 10.8. The zero-order chi connectivity index (χ0) is 21.4. The van der Waals surface area contributed by atoms with Gasteiger partial charge in [0.1, 0.15) is 18.6 Å². The van der Waals surface area contributed by atoms with Crippen LogP contribution < -0.4 is 16.4 Å². The van der Waals surface area contributed by atoms with Crippen molar-refractivity contribution in [3.05, 3.63) is 35.9 Å². The molecule has 158 valence electrons. The van der Waals surface area contributed by atoms with Gasteiger partial charge in [-0.05, 0) is 18.4 Å². The molecule has 1 fully saturated rings. The summed E-state index contributed by atoms with van der Waals surface area (Å²) in [5.41, 5.74) is 6.56. The molecule has 3 unspecified atom stereocenters. The fraction of sp³-hybridized carbons (Fsp3) is 0.474. The molecular weight excluding hydrogens is 396 g/mol. The zero-order valence-corrected chi connectivity index (χ0v) is 16.8. The van der Waals surface area contributed by atoms with Crippen LogP contribution in [0.4, 0.5) is 0 Å². The molecule has 0 radical (unpaired) electrons. The number of hydrogen-bond donors (Lipinski definition) is 5. The molecule has 3 amide bonds. The van der Waals surface area contributed by atoms with Gasteiger partial charge in [-0.1, -0.05) is 30.3 Å². The number of thiol groups is 1. The number of carbonyl (C=O) groups excluding carboxylic acids is 3. The first kappa shape index (κ1) is 22.7. The van der Waals surface area contributed by atoms with E-state index in [2.05, 4.69) is 23.3 Å². The first-order valence-electron chi connectivity index (χ1n) is 9.34. The SMILES string of the molecule is NC(CS)C(=O)N1CCCC1C(=O)NC(Cc1ccccc1)C(=O)NCC(=O)O. The van der Waals surface area contributed by atoms with E-state index in [0.717, 1.165) is 5.56 Å². The standard InChI is InChI=1S/C19H26N4O5S/c20-13(11-29)19(28)23-8-4-7-15(23)18(27)22-14(17(26)21-10-16(24)25)9-12-5-2-1-3-6-12/h1-3,5-6,13-15,29H,4,7-11,20H2,(H,21,26)(H,22,27)(H,24,25). The number of carboxylic acids is 1. The molecule has 3 atom stereocenters. The summed E-state index contributed by atoms with van der Waals surface area (Å²) < 4.78 is 0. The van der Waals surface area contributed by atoms with Gasteiger partial charge in [0, 0.05) is 18.7 Å². The molecule has 0 bridgehead atoms. The normalized spacial score (nSPS) is 18.0. The number of nitrogens with one attached hydrogen (secondary N) is 2. The number of nitrogens with zero attached hydrogens (tertiary/aromatic N) is 1. The van der Waals surface area contributed by atoms with Gasteiger partial charge in [-0.2, -0.15) is 12.6 Å². The van der Waals surface area contributed by atoms with Crippen LogP contribution in [-0.2, 0) is 25.6 Å². The quantitative estimate of drug-likeness (QED) is 0.329. The Morgan fingerprint density at radius 2 is 1.93 bits per heavy atom. The Bertz CT molecular complexity index is 745. The second-order valence-electron chi connectivity index (χ2n) is 6.84. The van der Waals surface area contributed by atoms with E-state index >= 15 is 0 Å². The maximum absolute atomic E-state index is 12.9. The van der Waals surface area contributed by atoms with Crippen molar-refractivity contribution in [3.8, 4) is 0 Å². The number of carbonyl (C=O) groups is 4. The molecule has 1 aromatic rings. The fourth-order valence-electron chi connectivity index (χ4n) is 3.21. The van der Waals surface area contributed by atoms with Crippen LogP contribution in [0.25, 0.3) is 0 Å². The summed E-state index contributed by atoms with van der Waals surface area (Å²) in [6.07, 6.45) is 1.30. The minimum atomic E-state index is -1.18. The average Bonchev–Trinajstić information content (AvgIpc) is 3.21. The lowest BCUT2D eigenvalue weighted by Gasteiger charge is -2.28. The van der Waals surface area contributed by atoms with Crippen LogP contribution in [-0.4, -0.2) is 70.7 Å². The molecule has 0 saturated carbocycles. The van der Waals surface area contributed by atoms with Gasteiger partial charge in [-0.3, -0.25) is 19.2 Å². The summed E-state index contributed by atoms with van der Waals surface area (Å²) in [6.45, 7) is -0.141. The van der Waals surface area contributed by atoms with E-state index < -0.39 is 42.5 Å². The molecule has 10 heteroatoms. The Hall–Kier alpha value is -2.59. The highest BCUT2D eigenvalue weighted by molar-refractivity contribution is 7.80. The summed E-state index contributed by atoms with van der Waals surface area (Å²) >= 11 is 4.03. The van der Waals surface area contributed by atoms with E-state index in [1.165, 1.54) is 4.90 Å². The topological polar surface area (TPSA) is 142 Å². The number of hydrogen-bond acceptors (Lipinski definition) is 6. The van der Waals surface area contributed by atoms with Crippen molar-refractivity contribution >= 4 is 36.3 Å². The van der Waals surface area contributed by atoms with E-state index in [4.69, 9.17) is 10.8 Å². The summed E-state index contributed by atoms with van der Waals surface area (Å²) in [7, 11) is 0. The van der Waals surface area contributed by atoms with Crippen molar-refractivity contribution in [2.75, 3.05) is 18.8 Å². The Labute approximate surface area is 174 Å². The molecule has 29 heavy (non-hydrogen) atoms. The van der Waals surface area contributed by atoms with E-state index in [0.29, 0.717) is 19.4 Å². The molecule has 0 spiro atoms. The lowest BCUT2D eigenvalue weighted by molar-refractivity contribution is -0.140. The highest BCUT2D eigenvalue weighted by Gasteiger charge is 2.37. The van der Waals surface area contributed by atoms with E-state index in [1.54, 1.807) is 24.3 Å². The fourth-order valence-corrected chi connectivity index (χ4v) is 3.36. The van der Waals surface area contributed by atoms with Crippen LogP contribution >= 0.6 is 12.6 Å². The highest BCUT2D eigenvalue weighted by atomic mass is 32.1. The Kier molecular flexibility index (Phi) is 8.47. The van der Waals surface area contributed by atoms with Gasteiger partial charge < -0.3 is 26.4 Å². The van der Waals surface area contributed by atoms with E-state index in [-0.39, 0.29) is 18.1 Å². The molecule has 0 aliphatic carbocycles. The van der Waals surface area contributed by atoms with Crippen molar-refractivity contribution < 1.29 is 24.3 Å². The molecule has 1 aromatic carbocycles. The van der Waals surface area contributed by atoms with Crippen LogP contribution in [0.3, 0.4) is 0 Å². The van der Waals surface area contributed by atoms with Crippen molar-refractivity contribution in [1.29, 1.82) is 0 Å². The maximum atomic E-state index is 12.9. The molecule has 9 nitrogen and oxygen atoms in total. The Morgan fingerprint density at radius 3 is 2.55 bits per heavy atom. The summed E-state index contributed by atoms with van der Waals surface area (Å²) in [5.74, 6) is -2.44. The highest BCUT2D eigenvalue weighted by Crippen LogP contribution is 2.19. The molecule has 1 aliphatic rings. The predicted octanol–water partition coefficient (Wildman–Crippen LogP) is -0.837. The van der Waals surface area contributed by atoms with Crippen LogP contribution in [0.15, 0.2) is 30.3 Å². The number of aliphatic carboxylic acids is 1. The van der Waals surface area contributed by atoms with Gasteiger partial charge in [0.25, 0.3) is 0 Å². The van der Waals surface area contributed by atoms with Crippen molar-refractivity contribution in [2.24, 2.45) is 5.73 Å². The zero-order valence-electron chi connectivity index (χ0n) is 15.9. The maximum Gasteiger partial charge on any atom is 0.322 e. The van der Waals surface area contributed by atoms with E-state index in [1.807, 2.05) is 6.07 Å². The summed E-state index contributed by atoms with van der Waals surface area (Å²) in [5, 5.41) is 13.8. The van der Waals surface area contributed by atoms with E-state index in [9.17, 15) is 19.2 Å². The lowest BCUT2D eigenvalue weighted by Crippen LogP contribution is -2.56. The molecule has 1 saturated heterocycles. The van der Waals surface area contributed by atoms with Gasteiger partial charge in [-0.25, -0.2) is 0 Å². The minimum absolute atomic E-state index is 0.165. The number of rotatable bonds is 9. The molecule has 1 heterocycles. The molecule has 5 N–H and O–H groups in total. The number of benzene rings is 1. The number of carboxylic acid groups (broad SMARTS) is 1. The van der Waals surface area contributed by atoms with Gasteiger partial charge in [0.15, 0.2) is 0 Å². The third kappa shape index (κ3) is 6.47. The Morgan fingerprint density at radius 1 is 1.24 bits per heavy atom. The molecule has 0 aromatic heterocycles. The first-order valence-corrected chi connectivity index (χ1v) is 9.97.